The minimum atomic E-state index is -1.85. The van der Waals surface area contributed by atoms with E-state index in [2.05, 4.69) is 10.3 Å². The Kier molecular flexibility index (Phi) is 4.73. The van der Waals surface area contributed by atoms with E-state index < -0.39 is 23.4 Å². The summed E-state index contributed by atoms with van der Waals surface area (Å²) in [6.07, 6.45) is -0.531. The zero-order valence-electron chi connectivity index (χ0n) is 13.7. The molecule has 0 aliphatic carbocycles. The van der Waals surface area contributed by atoms with E-state index >= 15 is 0 Å². The highest BCUT2D eigenvalue weighted by atomic mass is 19.1. The second-order valence-corrected chi connectivity index (χ2v) is 5.99. The first-order chi connectivity index (χ1) is 12.4. The molecule has 6 nitrogen and oxygen atoms in total. The fourth-order valence-corrected chi connectivity index (χ4v) is 2.76. The number of benzene rings is 2. The maximum absolute atomic E-state index is 13.3. The van der Waals surface area contributed by atoms with Crippen LogP contribution >= 0.6 is 0 Å². The monoisotopic (exact) mass is 356 g/mol. The number of nitrogens with one attached hydrogen (secondary N) is 2. The molecule has 0 saturated carbocycles. The van der Waals surface area contributed by atoms with Crippen molar-refractivity contribution in [3.63, 3.8) is 0 Å². The van der Waals surface area contributed by atoms with Crippen LogP contribution in [0.5, 0.6) is 0 Å². The van der Waals surface area contributed by atoms with Gasteiger partial charge in [-0.3, -0.25) is 9.59 Å². The summed E-state index contributed by atoms with van der Waals surface area (Å²) in [7, 11) is 0. The number of aromatic amines is 1. The van der Waals surface area contributed by atoms with Gasteiger partial charge in [-0.1, -0.05) is 30.3 Å². The maximum Gasteiger partial charge on any atom is 0.303 e. The molecule has 1 heterocycles. The second kappa shape index (κ2) is 6.97. The van der Waals surface area contributed by atoms with E-state index in [-0.39, 0.29) is 18.5 Å². The number of carboxylic acid groups (broad SMARTS) is 1. The first-order valence-electron chi connectivity index (χ1n) is 7.98. The molecule has 1 atom stereocenters. The normalized spacial score (nSPS) is 13.3. The van der Waals surface area contributed by atoms with Crippen LogP contribution in [-0.4, -0.2) is 27.1 Å². The van der Waals surface area contributed by atoms with Crippen LogP contribution in [0.25, 0.3) is 10.9 Å². The van der Waals surface area contributed by atoms with Crippen LogP contribution in [0.15, 0.2) is 54.6 Å². The largest absolute Gasteiger partial charge is 0.481 e. The van der Waals surface area contributed by atoms with Crippen molar-refractivity contribution in [3.8, 4) is 0 Å². The Balaban J connectivity index is 1.89. The standard InChI is InChI=1S/C19H17FN2O4/c20-14-6-7-15-12(10-14)11-16(21-15)18(25)22-19(26,9-8-17(23)24)13-4-2-1-3-5-13/h1-7,10-11,21,26H,8-9H2,(H,22,25)(H,23,24). The highest BCUT2D eigenvalue weighted by Crippen LogP contribution is 2.25. The van der Waals surface area contributed by atoms with Gasteiger partial charge in [0.2, 0.25) is 0 Å². The fourth-order valence-electron chi connectivity index (χ4n) is 2.76. The molecule has 1 unspecified atom stereocenters. The van der Waals surface area contributed by atoms with Crippen molar-refractivity contribution >= 4 is 22.8 Å². The predicted molar refractivity (Wildman–Crippen MR) is 92.9 cm³/mol. The van der Waals surface area contributed by atoms with Crippen molar-refractivity contribution in [2.24, 2.45) is 0 Å². The van der Waals surface area contributed by atoms with E-state index in [4.69, 9.17) is 5.11 Å². The lowest BCUT2D eigenvalue weighted by molar-refractivity contribution is -0.139. The average molecular weight is 356 g/mol. The third-order valence-electron chi connectivity index (χ3n) is 4.10. The van der Waals surface area contributed by atoms with E-state index in [1.807, 2.05) is 0 Å². The Bertz CT molecular complexity index is 955. The molecule has 0 aliphatic heterocycles. The fraction of sp³-hybridized carbons (Fsp3) is 0.158. The minimum absolute atomic E-state index is 0.135. The molecule has 0 spiro atoms. The van der Waals surface area contributed by atoms with Crippen LogP contribution in [0, 0.1) is 5.82 Å². The molecule has 7 heteroatoms. The van der Waals surface area contributed by atoms with Gasteiger partial charge < -0.3 is 20.5 Å². The highest BCUT2D eigenvalue weighted by molar-refractivity contribution is 5.98. The third-order valence-corrected chi connectivity index (χ3v) is 4.10. The third kappa shape index (κ3) is 3.73. The van der Waals surface area contributed by atoms with Gasteiger partial charge in [-0.15, -0.1) is 0 Å². The number of carbonyl (C=O) groups is 2. The maximum atomic E-state index is 13.3. The molecule has 0 radical (unpaired) electrons. The smallest absolute Gasteiger partial charge is 0.303 e. The van der Waals surface area contributed by atoms with Crippen molar-refractivity contribution in [2.75, 3.05) is 0 Å². The van der Waals surface area contributed by atoms with Gasteiger partial charge in [0.05, 0.1) is 6.42 Å². The van der Waals surface area contributed by atoms with E-state index in [0.29, 0.717) is 16.5 Å². The molecule has 0 fully saturated rings. The zero-order chi connectivity index (χ0) is 18.7. The Hall–Kier alpha value is -3.19. The van der Waals surface area contributed by atoms with E-state index in [0.717, 1.165) is 0 Å². The molecule has 26 heavy (non-hydrogen) atoms. The molecule has 2 aromatic carbocycles. The van der Waals surface area contributed by atoms with Crippen LogP contribution in [0.3, 0.4) is 0 Å². The van der Waals surface area contributed by atoms with Crippen LogP contribution < -0.4 is 5.32 Å². The van der Waals surface area contributed by atoms with Gasteiger partial charge in [-0.25, -0.2) is 4.39 Å². The molecule has 3 rings (SSSR count). The van der Waals surface area contributed by atoms with Crippen molar-refractivity contribution < 1.29 is 24.2 Å². The van der Waals surface area contributed by atoms with Crippen molar-refractivity contribution in [3.05, 3.63) is 71.7 Å². The molecule has 0 saturated heterocycles. The van der Waals surface area contributed by atoms with Gasteiger partial charge in [0.1, 0.15) is 11.5 Å². The number of aliphatic carboxylic acids is 1. The number of carbonyl (C=O) groups excluding carboxylic acids is 1. The number of rotatable bonds is 6. The number of aromatic nitrogens is 1. The van der Waals surface area contributed by atoms with Crippen LogP contribution in [-0.2, 0) is 10.5 Å². The molecular formula is C19H17FN2O4. The van der Waals surface area contributed by atoms with Gasteiger partial charge in [0, 0.05) is 22.9 Å². The van der Waals surface area contributed by atoms with E-state index in [1.165, 1.54) is 24.3 Å². The molecular weight excluding hydrogens is 339 g/mol. The summed E-state index contributed by atoms with van der Waals surface area (Å²) in [5.41, 5.74) is -0.767. The number of H-pyrrole nitrogens is 1. The lowest BCUT2D eigenvalue weighted by atomic mass is 9.97. The van der Waals surface area contributed by atoms with Crippen molar-refractivity contribution in [1.82, 2.24) is 10.3 Å². The SMILES string of the molecule is O=C(O)CCC(O)(NC(=O)c1cc2cc(F)ccc2[nH]1)c1ccccc1. The van der Waals surface area contributed by atoms with Gasteiger partial charge in [-0.2, -0.15) is 0 Å². The molecule has 4 N–H and O–H groups in total. The lowest BCUT2D eigenvalue weighted by Gasteiger charge is -2.29. The van der Waals surface area contributed by atoms with Crippen molar-refractivity contribution in [2.45, 2.75) is 18.6 Å². The Morgan fingerprint density at radius 2 is 1.85 bits per heavy atom. The minimum Gasteiger partial charge on any atom is -0.481 e. The number of aliphatic hydroxyl groups is 1. The topological polar surface area (TPSA) is 102 Å². The second-order valence-electron chi connectivity index (χ2n) is 5.99. The summed E-state index contributed by atoms with van der Waals surface area (Å²) in [5.74, 6) is -2.14. The van der Waals surface area contributed by atoms with E-state index in [1.54, 1.807) is 30.3 Å². The Labute approximate surface area is 148 Å². The number of amides is 1. The highest BCUT2D eigenvalue weighted by Gasteiger charge is 2.32. The van der Waals surface area contributed by atoms with Crippen LogP contribution in [0.1, 0.15) is 28.9 Å². The molecule has 1 aromatic heterocycles. The van der Waals surface area contributed by atoms with Crippen molar-refractivity contribution in [1.29, 1.82) is 0 Å². The predicted octanol–water partition coefficient (Wildman–Crippen LogP) is 2.75. The van der Waals surface area contributed by atoms with Gasteiger partial charge >= 0.3 is 5.97 Å². The summed E-state index contributed by atoms with van der Waals surface area (Å²) >= 11 is 0. The number of hydrogen-bond donors (Lipinski definition) is 4. The first kappa shape index (κ1) is 17.6. The van der Waals surface area contributed by atoms with Gasteiger partial charge in [-0.05, 0) is 24.3 Å². The molecule has 3 aromatic rings. The van der Waals surface area contributed by atoms with Crippen LogP contribution in [0.2, 0.25) is 0 Å². The lowest BCUT2D eigenvalue weighted by Crippen LogP contribution is -2.46. The summed E-state index contributed by atoms with van der Waals surface area (Å²) in [5, 5.41) is 22.8. The number of fused-ring (bicyclic) bond motifs is 1. The quantitative estimate of drug-likeness (QED) is 0.510. The van der Waals surface area contributed by atoms with Gasteiger partial charge in [0.25, 0.3) is 5.91 Å². The molecule has 1 amide bonds. The summed E-state index contributed by atoms with van der Waals surface area (Å²) in [6, 6.07) is 13.8. The summed E-state index contributed by atoms with van der Waals surface area (Å²) < 4.78 is 13.3. The molecule has 0 aliphatic rings. The summed E-state index contributed by atoms with van der Waals surface area (Å²) in [4.78, 5) is 26.4. The number of carboxylic acids is 1. The molecule has 0 bridgehead atoms. The zero-order valence-corrected chi connectivity index (χ0v) is 13.7. The first-order valence-corrected chi connectivity index (χ1v) is 7.98. The number of halogens is 1. The number of hydrogen-bond acceptors (Lipinski definition) is 3. The van der Waals surface area contributed by atoms with E-state index in [9.17, 15) is 19.1 Å². The Morgan fingerprint density at radius 1 is 1.12 bits per heavy atom. The Morgan fingerprint density at radius 3 is 2.54 bits per heavy atom. The van der Waals surface area contributed by atoms with Gasteiger partial charge in [0.15, 0.2) is 5.72 Å². The average Bonchev–Trinajstić information content (AvgIpc) is 3.04. The summed E-state index contributed by atoms with van der Waals surface area (Å²) in [6.45, 7) is 0. The van der Waals surface area contributed by atoms with Crippen LogP contribution in [0.4, 0.5) is 4.39 Å². The molecule has 134 valence electrons.